The van der Waals surface area contributed by atoms with E-state index < -0.39 is 17.5 Å². The minimum atomic E-state index is -0.608. The zero-order valence-electron chi connectivity index (χ0n) is 15.1. The van der Waals surface area contributed by atoms with Crippen LogP contribution in [0.5, 0.6) is 0 Å². The molecule has 3 aromatic rings. The fraction of sp³-hybridized carbons (Fsp3) is 0.150. The van der Waals surface area contributed by atoms with Gasteiger partial charge in [-0.15, -0.1) is 0 Å². The minimum Gasteiger partial charge on any atom is -0.382 e. The summed E-state index contributed by atoms with van der Waals surface area (Å²) in [4.78, 5) is 12.1. The van der Waals surface area contributed by atoms with Crippen LogP contribution < -0.4 is 11.1 Å². The molecule has 0 aliphatic rings. The van der Waals surface area contributed by atoms with Crippen LogP contribution in [0.3, 0.4) is 0 Å². The molecule has 148 valence electrons. The molecule has 0 saturated heterocycles. The smallest absolute Gasteiger partial charge is 0.254 e. The molecule has 0 aliphatic heterocycles. The second-order valence-electron chi connectivity index (χ2n) is 6.19. The minimum absolute atomic E-state index is 0.0538. The summed E-state index contributed by atoms with van der Waals surface area (Å²) in [6, 6.07) is 11.7. The number of nitrogen functional groups attached to an aromatic ring is 1. The fourth-order valence-corrected chi connectivity index (χ4v) is 3.14. The molecule has 0 unspecified atom stereocenters. The van der Waals surface area contributed by atoms with Crippen molar-refractivity contribution < 1.29 is 13.6 Å². The summed E-state index contributed by atoms with van der Waals surface area (Å²) in [6.45, 7) is 0.263. The fourth-order valence-electron chi connectivity index (χ4n) is 2.78. The molecule has 0 atom stereocenters. The van der Waals surface area contributed by atoms with Gasteiger partial charge < -0.3 is 11.1 Å². The Labute approximate surface area is 174 Å². The third-order valence-corrected chi connectivity index (χ3v) is 4.72. The number of amides is 1. The Balaban J connectivity index is 1.66. The van der Waals surface area contributed by atoms with Crippen molar-refractivity contribution >= 4 is 27.7 Å². The number of carbonyl (C=O) groups is 1. The van der Waals surface area contributed by atoms with E-state index in [1.54, 1.807) is 0 Å². The maximum absolute atomic E-state index is 13.8. The molecule has 0 bridgehead atoms. The topological polar surface area (TPSA) is 96.7 Å². The van der Waals surface area contributed by atoms with Gasteiger partial charge in [0, 0.05) is 11.0 Å². The summed E-state index contributed by atoms with van der Waals surface area (Å²) < 4.78 is 28.9. The first-order valence-electron chi connectivity index (χ1n) is 8.67. The number of hydrogen-bond donors (Lipinski definition) is 2. The summed E-state index contributed by atoms with van der Waals surface area (Å²) >= 11 is 3.20. The lowest BCUT2D eigenvalue weighted by Crippen LogP contribution is -2.25. The average molecular weight is 460 g/mol. The Kier molecular flexibility index (Phi) is 6.24. The molecule has 2 aromatic carbocycles. The normalized spacial score (nSPS) is 10.6. The number of rotatable bonds is 6. The number of nitriles is 1. The van der Waals surface area contributed by atoms with Gasteiger partial charge in [0.15, 0.2) is 0 Å². The number of nitrogens with one attached hydrogen (secondary N) is 1. The first-order chi connectivity index (χ1) is 13.9. The van der Waals surface area contributed by atoms with Crippen LogP contribution in [0, 0.1) is 23.0 Å². The van der Waals surface area contributed by atoms with Crippen molar-refractivity contribution in [3.05, 3.63) is 75.4 Å². The van der Waals surface area contributed by atoms with Crippen molar-refractivity contribution in [3.8, 4) is 11.8 Å². The Morgan fingerprint density at radius 1 is 1.24 bits per heavy atom. The summed E-state index contributed by atoms with van der Waals surface area (Å²) in [5.74, 6) is -1.36. The molecule has 29 heavy (non-hydrogen) atoms. The molecule has 1 aromatic heterocycles. The van der Waals surface area contributed by atoms with Crippen LogP contribution in [0.15, 0.2) is 46.9 Å². The summed E-state index contributed by atoms with van der Waals surface area (Å²) in [5.41, 5.74) is 7.20. The second kappa shape index (κ2) is 8.84. The van der Waals surface area contributed by atoms with Gasteiger partial charge in [-0.1, -0.05) is 15.9 Å². The number of nitrogens with two attached hydrogens (primary N) is 1. The van der Waals surface area contributed by atoms with E-state index in [0.29, 0.717) is 28.7 Å². The van der Waals surface area contributed by atoms with E-state index in [0.717, 1.165) is 0 Å². The Morgan fingerprint density at radius 3 is 2.66 bits per heavy atom. The van der Waals surface area contributed by atoms with Crippen molar-refractivity contribution in [1.29, 1.82) is 5.26 Å². The van der Waals surface area contributed by atoms with E-state index >= 15 is 0 Å². The lowest BCUT2D eigenvalue weighted by atomic mass is 10.1. The van der Waals surface area contributed by atoms with Gasteiger partial charge in [-0.25, -0.2) is 13.5 Å². The van der Waals surface area contributed by atoms with Gasteiger partial charge in [0.05, 0.1) is 16.9 Å². The molecule has 9 heteroatoms. The van der Waals surface area contributed by atoms with Crippen LogP contribution in [0.1, 0.15) is 28.0 Å². The van der Waals surface area contributed by atoms with E-state index in [2.05, 4.69) is 26.3 Å². The standard InChI is InChI=1S/C20H16BrF2N5O/c21-12-3-8-17(23)15(10-12)20(29)26-9-1-2-18-16(11-24)19(25)28(27-18)14-6-4-13(22)5-7-14/h3-8,10H,1-2,9,25H2,(H,26,29). The maximum Gasteiger partial charge on any atom is 0.254 e. The molecule has 0 spiro atoms. The van der Waals surface area contributed by atoms with E-state index in [9.17, 15) is 18.8 Å². The number of aromatic nitrogens is 2. The molecule has 0 aliphatic carbocycles. The zero-order chi connectivity index (χ0) is 21.0. The number of halogens is 3. The van der Waals surface area contributed by atoms with E-state index in [1.165, 1.54) is 47.1 Å². The second-order valence-corrected chi connectivity index (χ2v) is 7.11. The number of aryl methyl sites for hydroxylation is 1. The molecule has 0 saturated carbocycles. The maximum atomic E-state index is 13.8. The molecular formula is C20H16BrF2N5O. The highest BCUT2D eigenvalue weighted by Crippen LogP contribution is 2.22. The first-order valence-corrected chi connectivity index (χ1v) is 9.46. The van der Waals surface area contributed by atoms with Gasteiger partial charge in [-0.3, -0.25) is 4.79 Å². The van der Waals surface area contributed by atoms with Crippen LogP contribution in [-0.2, 0) is 6.42 Å². The molecule has 0 fully saturated rings. The number of carbonyl (C=O) groups excluding carboxylic acids is 1. The van der Waals surface area contributed by atoms with Gasteiger partial charge in [0.1, 0.15) is 29.1 Å². The monoisotopic (exact) mass is 459 g/mol. The lowest BCUT2D eigenvalue weighted by Gasteiger charge is -2.06. The van der Waals surface area contributed by atoms with Gasteiger partial charge in [-0.2, -0.15) is 10.4 Å². The largest absolute Gasteiger partial charge is 0.382 e. The molecule has 1 amide bonds. The summed E-state index contributed by atoms with van der Waals surface area (Å²) in [7, 11) is 0. The van der Waals surface area contributed by atoms with Gasteiger partial charge in [0.25, 0.3) is 5.91 Å². The highest BCUT2D eigenvalue weighted by molar-refractivity contribution is 9.10. The average Bonchev–Trinajstić information content (AvgIpc) is 3.02. The first kappa shape index (κ1) is 20.5. The van der Waals surface area contributed by atoms with Crippen LogP contribution >= 0.6 is 15.9 Å². The Morgan fingerprint density at radius 2 is 1.97 bits per heavy atom. The van der Waals surface area contributed by atoms with Crippen molar-refractivity contribution in [2.75, 3.05) is 12.3 Å². The number of hydrogen-bond acceptors (Lipinski definition) is 4. The highest BCUT2D eigenvalue weighted by Gasteiger charge is 2.17. The Hall–Kier alpha value is -3.25. The van der Waals surface area contributed by atoms with Crippen LogP contribution in [0.2, 0.25) is 0 Å². The van der Waals surface area contributed by atoms with E-state index in [4.69, 9.17) is 5.73 Å². The highest BCUT2D eigenvalue weighted by atomic mass is 79.9. The van der Waals surface area contributed by atoms with Crippen molar-refractivity contribution in [2.24, 2.45) is 0 Å². The summed E-state index contributed by atoms with van der Waals surface area (Å²) in [5, 5.41) is 16.4. The predicted molar refractivity (Wildman–Crippen MR) is 107 cm³/mol. The van der Waals surface area contributed by atoms with Gasteiger partial charge in [-0.05, 0) is 55.3 Å². The Bertz CT molecular complexity index is 1090. The van der Waals surface area contributed by atoms with Crippen LogP contribution in [0.25, 0.3) is 5.69 Å². The van der Waals surface area contributed by atoms with E-state index in [1.807, 2.05) is 6.07 Å². The zero-order valence-corrected chi connectivity index (χ0v) is 16.7. The van der Waals surface area contributed by atoms with Crippen LogP contribution in [-0.4, -0.2) is 22.2 Å². The number of benzene rings is 2. The molecule has 0 radical (unpaired) electrons. The third kappa shape index (κ3) is 4.60. The predicted octanol–water partition coefficient (Wildman–Crippen LogP) is 3.73. The lowest BCUT2D eigenvalue weighted by molar-refractivity contribution is 0.0949. The van der Waals surface area contributed by atoms with Crippen molar-refractivity contribution in [2.45, 2.75) is 12.8 Å². The SMILES string of the molecule is N#Cc1c(CCCNC(=O)c2cc(Br)ccc2F)nn(-c2ccc(F)cc2)c1N. The molecule has 6 nitrogen and oxygen atoms in total. The van der Waals surface area contributed by atoms with Crippen LogP contribution in [0.4, 0.5) is 14.6 Å². The van der Waals surface area contributed by atoms with E-state index in [-0.39, 0.29) is 23.5 Å². The third-order valence-electron chi connectivity index (χ3n) is 4.23. The molecular weight excluding hydrogens is 444 g/mol. The van der Waals surface area contributed by atoms with Crippen molar-refractivity contribution in [1.82, 2.24) is 15.1 Å². The molecule has 3 N–H and O–H groups in total. The molecule has 1 heterocycles. The van der Waals surface area contributed by atoms with Gasteiger partial charge in [0.2, 0.25) is 0 Å². The number of anilines is 1. The van der Waals surface area contributed by atoms with Crippen molar-refractivity contribution in [3.63, 3.8) is 0 Å². The number of nitrogens with zero attached hydrogens (tertiary/aromatic N) is 3. The van der Waals surface area contributed by atoms with Gasteiger partial charge >= 0.3 is 0 Å². The molecule has 3 rings (SSSR count). The quantitative estimate of drug-likeness (QED) is 0.548. The summed E-state index contributed by atoms with van der Waals surface area (Å²) in [6.07, 6.45) is 0.846.